The van der Waals surface area contributed by atoms with Crippen LogP contribution in [0.1, 0.15) is 5.56 Å². The van der Waals surface area contributed by atoms with Crippen molar-refractivity contribution in [2.75, 3.05) is 0 Å². The SMILES string of the molecule is B.O=C(O)OCc1ccccc1. The number of carboxylic acid groups (broad SMARTS) is 1. The van der Waals surface area contributed by atoms with E-state index in [1.165, 1.54) is 0 Å². The normalized spacial score (nSPS) is 8.33. The van der Waals surface area contributed by atoms with Gasteiger partial charge < -0.3 is 9.84 Å². The molecule has 1 aromatic rings. The quantitative estimate of drug-likeness (QED) is 0.519. The molecule has 0 saturated heterocycles. The summed E-state index contributed by atoms with van der Waals surface area (Å²) in [5.41, 5.74) is 0.856. The first-order valence-electron chi connectivity index (χ1n) is 3.18. The van der Waals surface area contributed by atoms with Gasteiger partial charge in [0.15, 0.2) is 0 Å². The van der Waals surface area contributed by atoms with Gasteiger partial charge in [0.1, 0.15) is 6.61 Å². The Bertz CT molecular complexity index is 235. The largest absolute Gasteiger partial charge is 0.506 e. The number of benzene rings is 1. The molecule has 0 atom stereocenters. The van der Waals surface area contributed by atoms with Crippen molar-refractivity contribution in [1.29, 1.82) is 0 Å². The summed E-state index contributed by atoms with van der Waals surface area (Å²) in [5, 5.41) is 8.15. The van der Waals surface area contributed by atoms with Crippen molar-refractivity contribution in [3.8, 4) is 0 Å². The Morgan fingerprint density at radius 1 is 1.33 bits per heavy atom. The lowest BCUT2D eigenvalue weighted by Crippen LogP contribution is -1.99. The van der Waals surface area contributed by atoms with Crippen LogP contribution < -0.4 is 0 Å². The highest BCUT2D eigenvalue weighted by molar-refractivity contribution is 5.75. The molecule has 64 valence electrons. The minimum atomic E-state index is -1.24. The third kappa shape index (κ3) is 3.66. The minimum Gasteiger partial charge on any atom is -0.450 e. The molecule has 1 rings (SSSR count). The van der Waals surface area contributed by atoms with E-state index in [4.69, 9.17) is 5.11 Å². The fourth-order valence-electron chi connectivity index (χ4n) is 0.719. The van der Waals surface area contributed by atoms with Crippen molar-refractivity contribution in [2.24, 2.45) is 0 Å². The van der Waals surface area contributed by atoms with Gasteiger partial charge in [0, 0.05) is 0 Å². The maximum absolute atomic E-state index is 9.95. The maximum atomic E-state index is 9.95. The van der Waals surface area contributed by atoms with E-state index in [2.05, 4.69) is 4.74 Å². The second-order valence-corrected chi connectivity index (χ2v) is 2.04. The highest BCUT2D eigenvalue weighted by Crippen LogP contribution is 1.99. The van der Waals surface area contributed by atoms with Gasteiger partial charge in [0.05, 0.1) is 8.41 Å². The van der Waals surface area contributed by atoms with E-state index in [1.807, 2.05) is 30.3 Å². The van der Waals surface area contributed by atoms with Crippen LogP contribution in [0, 0.1) is 0 Å². The minimum absolute atomic E-state index is 0. The van der Waals surface area contributed by atoms with Crippen LogP contribution in [0.15, 0.2) is 30.3 Å². The van der Waals surface area contributed by atoms with E-state index >= 15 is 0 Å². The van der Waals surface area contributed by atoms with E-state index < -0.39 is 6.16 Å². The molecule has 0 saturated carbocycles. The van der Waals surface area contributed by atoms with Crippen LogP contribution in [0.4, 0.5) is 4.79 Å². The Hall–Kier alpha value is -1.45. The molecule has 0 aliphatic heterocycles. The summed E-state index contributed by atoms with van der Waals surface area (Å²) in [5.74, 6) is 0. The molecule has 3 nitrogen and oxygen atoms in total. The summed E-state index contributed by atoms with van der Waals surface area (Å²) in [7, 11) is 0. The predicted molar refractivity (Wildman–Crippen MR) is 49.2 cm³/mol. The third-order valence-electron chi connectivity index (χ3n) is 1.21. The highest BCUT2D eigenvalue weighted by Gasteiger charge is 1.95. The fraction of sp³-hybridized carbons (Fsp3) is 0.125. The van der Waals surface area contributed by atoms with Gasteiger partial charge in [-0.05, 0) is 5.56 Å². The van der Waals surface area contributed by atoms with Crippen LogP contribution in [-0.4, -0.2) is 19.7 Å². The van der Waals surface area contributed by atoms with Crippen molar-refractivity contribution >= 4 is 14.6 Å². The Kier molecular flexibility index (Phi) is 4.61. The number of hydrogen-bond acceptors (Lipinski definition) is 2. The van der Waals surface area contributed by atoms with Crippen molar-refractivity contribution in [2.45, 2.75) is 6.61 Å². The Labute approximate surface area is 72.6 Å². The molecule has 0 aliphatic rings. The van der Waals surface area contributed by atoms with Gasteiger partial charge in [-0.1, -0.05) is 30.3 Å². The number of ether oxygens (including phenoxy) is 1. The van der Waals surface area contributed by atoms with Crippen LogP contribution in [0.3, 0.4) is 0 Å². The van der Waals surface area contributed by atoms with Crippen LogP contribution in [0.25, 0.3) is 0 Å². The Morgan fingerprint density at radius 2 is 1.92 bits per heavy atom. The summed E-state index contributed by atoms with van der Waals surface area (Å²) in [6.07, 6.45) is -1.24. The van der Waals surface area contributed by atoms with Gasteiger partial charge in [-0.15, -0.1) is 0 Å². The van der Waals surface area contributed by atoms with Gasteiger partial charge in [-0.25, -0.2) is 4.79 Å². The summed E-state index contributed by atoms with van der Waals surface area (Å²) in [6, 6.07) is 9.15. The number of rotatable bonds is 2. The standard InChI is InChI=1S/C8H8O3.BH3/c9-8(10)11-6-7-4-2-1-3-5-7;/h1-5H,6H2,(H,9,10);1H3. The zero-order valence-corrected chi connectivity index (χ0v) is 5.86. The van der Waals surface area contributed by atoms with Crippen LogP contribution in [-0.2, 0) is 11.3 Å². The van der Waals surface area contributed by atoms with Gasteiger partial charge in [-0.2, -0.15) is 0 Å². The smallest absolute Gasteiger partial charge is 0.450 e. The van der Waals surface area contributed by atoms with E-state index in [0.717, 1.165) is 5.56 Å². The predicted octanol–water partition coefficient (Wildman–Crippen LogP) is 0.697. The van der Waals surface area contributed by atoms with Crippen molar-refractivity contribution in [3.63, 3.8) is 0 Å². The summed E-state index contributed by atoms with van der Waals surface area (Å²) in [4.78, 5) is 9.95. The first-order chi connectivity index (χ1) is 5.29. The Morgan fingerprint density at radius 3 is 2.42 bits per heavy atom. The lowest BCUT2D eigenvalue weighted by molar-refractivity contribution is 0.0854. The molecule has 0 fully saturated rings. The molecule has 0 aromatic heterocycles. The number of carbonyl (C=O) groups is 1. The number of hydrogen-bond donors (Lipinski definition) is 1. The fourth-order valence-corrected chi connectivity index (χ4v) is 0.719. The summed E-state index contributed by atoms with van der Waals surface area (Å²) >= 11 is 0. The van der Waals surface area contributed by atoms with E-state index in [0.29, 0.717) is 0 Å². The molecule has 0 heterocycles. The molecular weight excluding hydrogens is 155 g/mol. The first kappa shape index (κ1) is 10.6. The average Bonchev–Trinajstić information content (AvgIpc) is 2.03. The lowest BCUT2D eigenvalue weighted by atomic mass is 10.2. The summed E-state index contributed by atoms with van der Waals surface area (Å²) in [6.45, 7) is 0.121. The van der Waals surface area contributed by atoms with Crippen LogP contribution in [0.5, 0.6) is 0 Å². The van der Waals surface area contributed by atoms with Gasteiger partial charge in [0.25, 0.3) is 0 Å². The molecule has 0 amide bonds. The van der Waals surface area contributed by atoms with Crippen molar-refractivity contribution in [1.82, 2.24) is 0 Å². The molecule has 1 aromatic carbocycles. The topological polar surface area (TPSA) is 46.5 Å². The molecule has 0 radical (unpaired) electrons. The van der Waals surface area contributed by atoms with Crippen molar-refractivity contribution < 1.29 is 14.6 Å². The van der Waals surface area contributed by atoms with Crippen molar-refractivity contribution in [3.05, 3.63) is 35.9 Å². The molecule has 12 heavy (non-hydrogen) atoms. The maximum Gasteiger partial charge on any atom is 0.506 e. The molecule has 4 heteroatoms. The zero-order chi connectivity index (χ0) is 8.10. The monoisotopic (exact) mass is 166 g/mol. The average molecular weight is 166 g/mol. The molecular formula is C8H11BO3. The van der Waals surface area contributed by atoms with Crippen LogP contribution >= 0.6 is 0 Å². The van der Waals surface area contributed by atoms with Gasteiger partial charge in [0.2, 0.25) is 0 Å². The molecule has 1 N–H and O–H groups in total. The molecule has 0 bridgehead atoms. The van der Waals surface area contributed by atoms with E-state index in [1.54, 1.807) is 0 Å². The third-order valence-corrected chi connectivity index (χ3v) is 1.21. The second-order valence-electron chi connectivity index (χ2n) is 2.04. The molecule has 0 aliphatic carbocycles. The first-order valence-corrected chi connectivity index (χ1v) is 3.18. The molecule has 0 spiro atoms. The van der Waals surface area contributed by atoms with E-state index in [9.17, 15) is 4.79 Å². The van der Waals surface area contributed by atoms with Gasteiger partial charge >= 0.3 is 6.16 Å². The summed E-state index contributed by atoms with van der Waals surface area (Å²) < 4.78 is 4.34. The van der Waals surface area contributed by atoms with Gasteiger partial charge in [-0.3, -0.25) is 0 Å². The highest BCUT2D eigenvalue weighted by atomic mass is 16.7. The Balaban J connectivity index is 0.00000121. The van der Waals surface area contributed by atoms with E-state index in [-0.39, 0.29) is 15.0 Å². The lowest BCUT2D eigenvalue weighted by Gasteiger charge is -1.98. The molecule has 0 unspecified atom stereocenters. The zero-order valence-electron chi connectivity index (χ0n) is 5.86. The van der Waals surface area contributed by atoms with Crippen LogP contribution in [0.2, 0.25) is 0 Å². The second kappa shape index (κ2) is 5.24.